The molecule has 0 bridgehead atoms. The van der Waals surface area contributed by atoms with E-state index in [0.29, 0.717) is 10.8 Å². The third kappa shape index (κ3) is 4.49. The molecule has 2 atom stereocenters. The van der Waals surface area contributed by atoms with Crippen molar-refractivity contribution in [3.05, 3.63) is 88.4 Å². The quantitative estimate of drug-likeness (QED) is 0.341. The molecular formula is C25H26N6O2S3. The standard InChI is InChI=1S/C25H26N6O2S3/c1-15-13-18(8-9-20(15)29-36(4,32)33)31-23(22(28-24(31)34)21-7-5-6-10-26-21)19-14-16(2)30(17(19)3)25-27-11-12-35-25/h5-14,22-23,29H,1-4H3,(H,28,34)/t22-,23+/m0/s1. The molecule has 0 unspecified atom stereocenters. The van der Waals surface area contributed by atoms with Crippen LogP contribution in [-0.2, 0) is 10.0 Å². The van der Waals surface area contributed by atoms with Gasteiger partial charge in [-0.1, -0.05) is 6.07 Å². The van der Waals surface area contributed by atoms with E-state index in [-0.39, 0.29) is 12.1 Å². The zero-order valence-corrected chi connectivity index (χ0v) is 22.7. The molecule has 0 aliphatic carbocycles. The largest absolute Gasteiger partial charge is 0.351 e. The SMILES string of the molecule is Cc1cc(N2C(=S)N[C@@H](c3ccccn3)[C@H]2c2cc(C)n(-c3nccs3)c2C)ccc1NS(C)(=O)=O. The Labute approximate surface area is 220 Å². The molecule has 4 aromatic rings. The summed E-state index contributed by atoms with van der Waals surface area (Å²) < 4.78 is 28.3. The maximum atomic E-state index is 11.8. The first-order valence-electron chi connectivity index (χ1n) is 11.3. The molecule has 0 radical (unpaired) electrons. The molecule has 1 aliphatic heterocycles. The fraction of sp³-hybridized carbons (Fsp3) is 0.240. The fourth-order valence-electron chi connectivity index (χ4n) is 4.77. The number of pyridine rings is 1. The van der Waals surface area contributed by atoms with Crippen molar-refractivity contribution in [3.8, 4) is 5.13 Å². The van der Waals surface area contributed by atoms with Crippen LogP contribution in [0.1, 0.15) is 40.3 Å². The summed E-state index contributed by atoms with van der Waals surface area (Å²) in [6.45, 7) is 6.06. The highest BCUT2D eigenvalue weighted by Crippen LogP contribution is 2.44. The van der Waals surface area contributed by atoms with Crippen LogP contribution in [-0.4, -0.2) is 34.3 Å². The van der Waals surface area contributed by atoms with Gasteiger partial charge in [0.25, 0.3) is 0 Å². The minimum Gasteiger partial charge on any atom is -0.351 e. The third-order valence-corrected chi connectivity index (χ3v) is 7.94. The van der Waals surface area contributed by atoms with Crippen LogP contribution in [0.3, 0.4) is 0 Å². The molecule has 0 spiro atoms. The summed E-state index contributed by atoms with van der Waals surface area (Å²) in [6, 6.07) is 13.3. The van der Waals surface area contributed by atoms with Crippen LogP contribution >= 0.6 is 23.6 Å². The summed E-state index contributed by atoms with van der Waals surface area (Å²) in [5.74, 6) is 0. The van der Waals surface area contributed by atoms with Gasteiger partial charge in [0.2, 0.25) is 10.0 Å². The predicted molar refractivity (Wildman–Crippen MR) is 148 cm³/mol. The van der Waals surface area contributed by atoms with E-state index in [2.05, 4.69) is 49.4 Å². The average Bonchev–Trinajstić information content (AvgIpc) is 3.53. The lowest BCUT2D eigenvalue weighted by Crippen LogP contribution is -2.29. The number of anilines is 2. The zero-order valence-electron chi connectivity index (χ0n) is 20.3. The molecular weight excluding hydrogens is 513 g/mol. The Kier molecular flexibility index (Phi) is 6.31. The van der Waals surface area contributed by atoms with Crippen molar-refractivity contribution >= 4 is 50.1 Å². The Morgan fingerprint density at radius 3 is 2.53 bits per heavy atom. The summed E-state index contributed by atoms with van der Waals surface area (Å²) in [5.41, 5.74) is 6.37. The van der Waals surface area contributed by atoms with Crippen LogP contribution in [0.2, 0.25) is 0 Å². The molecule has 0 saturated carbocycles. The van der Waals surface area contributed by atoms with E-state index in [1.54, 1.807) is 23.6 Å². The second kappa shape index (κ2) is 9.30. The lowest BCUT2D eigenvalue weighted by Gasteiger charge is -2.28. The molecule has 1 aliphatic rings. The highest BCUT2D eigenvalue weighted by molar-refractivity contribution is 7.92. The van der Waals surface area contributed by atoms with E-state index < -0.39 is 10.0 Å². The van der Waals surface area contributed by atoms with Crippen molar-refractivity contribution in [1.29, 1.82) is 0 Å². The number of nitrogens with one attached hydrogen (secondary N) is 2. The first-order valence-corrected chi connectivity index (χ1v) is 14.5. The lowest BCUT2D eigenvalue weighted by atomic mass is 9.96. The van der Waals surface area contributed by atoms with Gasteiger partial charge in [-0.3, -0.25) is 14.3 Å². The van der Waals surface area contributed by atoms with Gasteiger partial charge in [-0.15, -0.1) is 11.3 Å². The summed E-state index contributed by atoms with van der Waals surface area (Å²) in [4.78, 5) is 11.3. The van der Waals surface area contributed by atoms with Crippen LogP contribution < -0.4 is 14.9 Å². The maximum absolute atomic E-state index is 11.8. The van der Waals surface area contributed by atoms with Crippen LogP contribution in [0, 0.1) is 20.8 Å². The molecule has 1 aromatic carbocycles. The first-order chi connectivity index (χ1) is 17.1. The lowest BCUT2D eigenvalue weighted by molar-refractivity contribution is 0.565. The Balaban J connectivity index is 1.64. The molecule has 1 saturated heterocycles. The number of thiazole rings is 1. The van der Waals surface area contributed by atoms with Gasteiger partial charge in [0.1, 0.15) is 0 Å². The van der Waals surface area contributed by atoms with Gasteiger partial charge in [0, 0.05) is 34.8 Å². The summed E-state index contributed by atoms with van der Waals surface area (Å²) >= 11 is 7.45. The average molecular weight is 539 g/mol. The second-order valence-corrected chi connectivity index (χ2v) is 11.9. The van der Waals surface area contributed by atoms with Crippen molar-refractivity contribution in [2.75, 3.05) is 15.9 Å². The summed E-state index contributed by atoms with van der Waals surface area (Å²) in [7, 11) is -3.39. The van der Waals surface area contributed by atoms with Crippen molar-refractivity contribution in [1.82, 2.24) is 19.9 Å². The molecule has 3 aromatic heterocycles. The summed E-state index contributed by atoms with van der Waals surface area (Å²) in [5, 5.41) is 6.96. The van der Waals surface area contributed by atoms with Crippen molar-refractivity contribution in [3.63, 3.8) is 0 Å². The van der Waals surface area contributed by atoms with Gasteiger partial charge < -0.3 is 10.2 Å². The predicted octanol–water partition coefficient (Wildman–Crippen LogP) is 4.80. The Morgan fingerprint density at radius 2 is 1.89 bits per heavy atom. The van der Waals surface area contributed by atoms with E-state index >= 15 is 0 Å². The van der Waals surface area contributed by atoms with Gasteiger partial charge in [-0.2, -0.15) is 0 Å². The van der Waals surface area contributed by atoms with Crippen molar-refractivity contribution in [2.45, 2.75) is 32.9 Å². The number of thiocarbonyl (C=S) groups is 1. The Bertz CT molecular complexity index is 1530. The van der Waals surface area contributed by atoms with Gasteiger partial charge in [-0.05, 0) is 80.5 Å². The van der Waals surface area contributed by atoms with Gasteiger partial charge in [0.15, 0.2) is 10.2 Å². The van der Waals surface area contributed by atoms with E-state index in [1.807, 2.05) is 48.8 Å². The van der Waals surface area contributed by atoms with Gasteiger partial charge >= 0.3 is 0 Å². The molecule has 4 heterocycles. The molecule has 1 fully saturated rings. The molecule has 5 rings (SSSR count). The van der Waals surface area contributed by atoms with E-state index in [1.165, 1.54) is 0 Å². The number of aryl methyl sites for hydroxylation is 2. The fourth-order valence-corrected chi connectivity index (χ4v) is 6.49. The van der Waals surface area contributed by atoms with Crippen LogP contribution in [0.25, 0.3) is 5.13 Å². The highest BCUT2D eigenvalue weighted by Gasteiger charge is 2.42. The number of sulfonamides is 1. The molecule has 36 heavy (non-hydrogen) atoms. The zero-order chi connectivity index (χ0) is 25.6. The Morgan fingerprint density at radius 1 is 1.08 bits per heavy atom. The van der Waals surface area contributed by atoms with E-state index in [0.717, 1.165) is 45.3 Å². The molecule has 11 heteroatoms. The maximum Gasteiger partial charge on any atom is 0.229 e. The molecule has 2 N–H and O–H groups in total. The topological polar surface area (TPSA) is 92.2 Å². The first kappa shape index (κ1) is 24.4. The van der Waals surface area contributed by atoms with Crippen molar-refractivity contribution < 1.29 is 8.42 Å². The number of nitrogens with zero attached hydrogens (tertiary/aromatic N) is 4. The monoisotopic (exact) mass is 538 g/mol. The van der Waals surface area contributed by atoms with Gasteiger partial charge in [-0.25, -0.2) is 13.4 Å². The minimum atomic E-state index is -3.39. The van der Waals surface area contributed by atoms with Gasteiger partial charge in [0.05, 0.1) is 29.7 Å². The molecule has 0 amide bonds. The van der Waals surface area contributed by atoms with Crippen LogP contribution in [0.15, 0.2) is 60.2 Å². The number of hydrogen-bond donors (Lipinski definition) is 2. The normalized spacial score (nSPS) is 17.9. The molecule has 186 valence electrons. The summed E-state index contributed by atoms with van der Waals surface area (Å²) in [6.07, 6.45) is 4.74. The van der Waals surface area contributed by atoms with E-state index in [9.17, 15) is 8.42 Å². The number of hydrogen-bond acceptors (Lipinski definition) is 6. The smallest absolute Gasteiger partial charge is 0.229 e. The number of aromatic nitrogens is 3. The Hall–Kier alpha value is -3.28. The van der Waals surface area contributed by atoms with Crippen LogP contribution in [0.4, 0.5) is 11.4 Å². The molecule has 8 nitrogen and oxygen atoms in total. The highest BCUT2D eigenvalue weighted by atomic mass is 32.2. The third-order valence-electron chi connectivity index (χ3n) is 6.28. The minimum absolute atomic E-state index is 0.180. The number of rotatable bonds is 6. The van der Waals surface area contributed by atoms with Crippen LogP contribution in [0.5, 0.6) is 0 Å². The van der Waals surface area contributed by atoms with Crippen molar-refractivity contribution in [2.24, 2.45) is 0 Å². The number of benzene rings is 1. The second-order valence-electron chi connectivity index (χ2n) is 8.85. The van der Waals surface area contributed by atoms with E-state index in [4.69, 9.17) is 12.2 Å².